The molecule has 41 heavy (non-hydrogen) atoms. The lowest BCUT2D eigenvalue weighted by atomic mass is 9.83. The highest BCUT2D eigenvalue weighted by Crippen LogP contribution is 2.36. The molecule has 0 spiro atoms. The summed E-state index contributed by atoms with van der Waals surface area (Å²) in [4.78, 5) is 53.1. The number of para-hydroxylation sites is 1. The number of hydrogen-bond acceptors (Lipinski definition) is 9. The number of aromatic nitrogens is 2. The predicted molar refractivity (Wildman–Crippen MR) is 149 cm³/mol. The standard InChI is InChI=1S/C26H31N4O9PS/c1-18(2)16-26(39-25(32)38-17-40(33,34)35)10-14-30(15-11-26)24(31)19-6-8-20(9-7-19)29-41(36,37)22-5-3-4-21-23(22)28-13-12-27-21/h3-9,12-13,18,29H,10-11,14-17H2,1-2H3,(H2,33,34,35). The first-order chi connectivity index (χ1) is 19.3. The van der Waals surface area contributed by atoms with Gasteiger partial charge in [0.2, 0.25) is 0 Å². The maximum atomic E-state index is 13.2. The van der Waals surface area contributed by atoms with E-state index in [1.54, 1.807) is 17.0 Å². The van der Waals surface area contributed by atoms with E-state index in [9.17, 15) is 22.6 Å². The lowest BCUT2D eigenvalue weighted by Crippen LogP contribution is -2.49. The molecule has 0 unspecified atom stereocenters. The van der Waals surface area contributed by atoms with Crippen molar-refractivity contribution >= 4 is 46.4 Å². The van der Waals surface area contributed by atoms with Gasteiger partial charge < -0.3 is 24.2 Å². The Bertz CT molecular complexity index is 1560. The average Bonchev–Trinajstić information content (AvgIpc) is 2.91. The van der Waals surface area contributed by atoms with Gasteiger partial charge >= 0.3 is 13.8 Å². The molecular formula is C26H31N4O9PS. The zero-order valence-corrected chi connectivity index (χ0v) is 24.2. The number of benzene rings is 2. The lowest BCUT2D eigenvalue weighted by Gasteiger charge is -2.41. The number of nitrogens with one attached hydrogen (secondary N) is 1. The molecule has 3 N–H and O–H groups in total. The molecule has 15 heteroatoms. The van der Waals surface area contributed by atoms with Crippen molar-refractivity contribution in [3.8, 4) is 0 Å². The number of hydrogen-bond donors (Lipinski definition) is 3. The van der Waals surface area contributed by atoms with Gasteiger partial charge in [0.15, 0.2) is 6.35 Å². The Labute approximate surface area is 237 Å². The molecule has 4 rings (SSSR count). The van der Waals surface area contributed by atoms with E-state index in [0.717, 1.165) is 0 Å². The van der Waals surface area contributed by atoms with Crippen molar-refractivity contribution in [2.24, 2.45) is 5.92 Å². The Hall–Kier alpha value is -3.58. The number of piperidine rings is 1. The van der Waals surface area contributed by atoms with Crippen molar-refractivity contribution in [2.45, 2.75) is 43.6 Å². The van der Waals surface area contributed by atoms with Crippen molar-refractivity contribution in [2.75, 3.05) is 24.2 Å². The van der Waals surface area contributed by atoms with Gasteiger partial charge in [0.1, 0.15) is 16.0 Å². The minimum atomic E-state index is -4.54. The highest BCUT2D eigenvalue weighted by atomic mass is 32.2. The Morgan fingerprint density at radius 3 is 2.37 bits per heavy atom. The summed E-state index contributed by atoms with van der Waals surface area (Å²) >= 11 is 0. The van der Waals surface area contributed by atoms with Crippen LogP contribution in [0, 0.1) is 5.92 Å². The first kappa shape index (κ1) is 30.4. The molecule has 0 aliphatic carbocycles. The van der Waals surface area contributed by atoms with E-state index in [4.69, 9.17) is 14.5 Å². The molecule has 220 valence electrons. The zero-order chi connectivity index (χ0) is 29.8. The molecule has 0 atom stereocenters. The van der Waals surface area contributed by atoms with E-state index in [0.29, 0.717) is 30.3 Å². The molecule has 1 aliphatic heterocycles. The third kappa shape index (κ3) is 7.79. The van der Waals surface area contributed by atoms with Crippen molar-refractivity contribution in [1.29, 1.82) is 0 Å². The normalized spacial score (nSPS) is 15.5. The van der Waals surface area contributed by atoms with Crippen LogP contribution in [0.4, 0.5) is 10.5 Å². The third-order valence-corrected chi connectivity index (χ3v) is 8.41. The van der Waals surface area contributed by atoms with Crippen molar-refractivity contribution in [3.63, 3.8) is 0 Å². The molecule has 1 amide bonds. The Kier molecular flexibility index (Phi) is 8.97. The summed E-state index contributed by atoms with van der Waals surface area (Å²) in [6, 6.07) is 10.7. The number of amides is 1. The zero-order valence-electron chi connectivity index (χ0n) is 22.5. The summed E-state index contributed by atoms with van der Waals surface area (Å²) in [5.41, 5.74) is 0.359. The SMILES string of the molecule is CC(C)CC1(OC(=O)OCP(=O)(O)O)CCN(C(=O)c2ccc(NS(=O)(=O)c3cccc4nccnc34)cc2)CC1. The maximum Gasteiger partial charge on any atom is 0.509 e. The van der Waals surface area contributed by atoms with Gasteiger partial charge in [-0.3, -0.25) is 24.0 Å². The molecule has 1 fully saturated rings. The highest BCUT2D eigenvalue weighted by molar-refractivity contribution is 7.93. The summed E-state index contributed by atoms with van der Waals surface area (Å²) in [5, 5.41) is 0. The summed E-state index contributed by atoms with van der Waals surface area (Å²) in [7, 11) is -8.52. The fourth-order valence-electron chi connectivity index (χ4n) is 4.81. The molecule has 2 aromatic carbocycles. The first-order valence-electron chi connectivity index (χ1n) is 12.8. The Balaban J connectivity index is 1.40. The average molecular weight is 607 g/mol. The number of sulfonamides is 1. The van der Waals surface area contributed by atoms with Gasteiger partial charge in [0.25, 0.3) is 15.9 Å². The quantitative estimate of drug-likeness (QED) is 0.238. The van der Waals surface area contributed by atoms with E-state index in [-0.39, 0.29) is 41.0 Å². The van der Waals surface area contributed by atoms with E-state index < -0.39 is 35.7 Å². The summed E-state index contributed by atoms with van der Waals surface area (Å²) in [6.07, 6.45) is 1.77. The fourth-order valence-corrected chi connectivity index (χ4v) is 6.31. The van der Waals surface area contributed by atoms with Gasteiger partial charge in [-0.25, -0.2) is 13.2 Å². The largest absolute Gasteiger partial charge is 0.509 e. The van der Waals surface area contributed by atoms with Gasteiger partial charge in [-0.15, -0.1) is 0 Å². The molecule has 0 radical (unpaired) electrons. The topological polar surface area (TPSA) is 185 Å². The molecule has 2 heterocycles. The molecule has 1 saturated heterocycles. The fraction of sp³-hybridized carbons (Fsp3) is 0.385. The van der Waals surface area contributed by atoms with Gasteiger partial charge in [0, 0.05) is 49.6 Å². The molecule has 0 saturated carbocycles. The molecule has 1 aliphatic rings. The smallest absolute Gasteiger partial charge is 0.428 e. The number of carbonyl (C=O) groups excluding carboxylic acids is 2. The number of ether oxygens (including phenoxy) is 2. The molecule has 3 aromatic rings. The van der Waals surface area contributed by atoms with Crippen LogP contribution in [-0.4, -0.2) is 70.2 Å². The van der Waals surface area contributed by atoms with Gasteiger partial charge in [0.05, 0.1) is 5.52 Å². The van der Waals surface area contributed by atoms with Gasteiger partial charge in [-0.2, -0.15) is 0 Å². The number of anilines is 1. The second kappa shape index (κ2) is 12.1. The van der Waals surface area contributed by atoms with Crippen LogP contribution in [0.3, 0.4) is 0 Å². The van der Waals surface area contributed by atoms with E-state index >= 15 is 0 Å². The number of nitrogens with zero attached hydrogens (tertiary/aromatic N) is 3. The Morgan fingerprint density at radius 1 is 1.07 bits per heavy atom. The van der Waals surface area contributed by atoms with E-state index in [1.165, 1.54) is 42.7 Å². The van der Waals surface area contributed by atoms with Crippen LogP contribution in [0.25, 0.3) is 11.0 Å². The van der Waals surface area contributed by atoms with Crippen LogP contribution >= 0.6 is 7.60 Å². The third-order valence-electron chi connectivity index (χ3n) is 6.53. The molecule has 1 aromatic heterocycles. The van der Waals surface area contributed by atoms with E-state index in [2.05, 4.69) is 19.4 Å². The Morgan fingerprint density at radius 2 is 1.73 bits per heavy atom. The second-order valence-electron chi connectivity index (χ2n) is 10.2. The van der Waals surface area contributed by atoms with Crippen LogP contribution in [0.15, 0.2) is 59.8 Å². The van der Waals surface area contributed by atoms with Crippen LogP contribution in [-0.2, 0) is 24.1 Å². The van der Waals surface area contributed by atoms with Crippen LogP contribution in [0.5, 0.6) is 0 Å². The maximum absolute atomic E-state index is 13.2. The molecule has 13 nitrogen and oxygen atoms in total. The number of carbonyl (C=O) groups is 2. The second-order valence-corrected chi connectivity index (χ2v) is 13.5. The molecular weight excluding hydrogens is 575 g/mol. The van der Waals surface area contributed by atoms with Crippen molar-refractivity contribution < 1.29 is 41.8 Å². The highest BCUT2D eigenvalue weighted by Gasteiger charge is 2.41. The summed E-state index contributed by atoms with van der Waals surface area (Å²) < 4.78 is 49.7. The van der Waals surface area contributed by atoms with Crippen LogP contribution in [0.1, 0.15) is 43.5 Å². The van der Waals surface area contributed by atoms with Crippen LogP contribution in [0.2, 0.25) is 0 Å². The van der Waals surface area contributed by atoms with E-state index in [1.807, 2.05) is 13.8 Å². The van der Waals surface area contributed by atoms with Gasteiger partial charge in [-0.1, -0.05) is 19.9 Å². The lowest BCUT2D eigenvalue weighted by molar-refractivity contribution is -0.0708. The number of rotatable bonds is 9. The number of likely N-dealkylation sites (tertiary alicyclic amines) is 1. The van der Waals surface area contributed by atoms with Crippen molar-refractivity contribution in [1.82, 2.24) is 14.9 Å². The summed E-state index contributed by atoms with van der Waals surface area (Å²) in [5.74, 6) is -0.130. The minimum Gasteiger partial charge on any atom is -0.428 e. The summed E-state index contributed by atoms with van der Waals surface area (Å²) in [6.45, 7) is 4.45. The number of fused-ring (bicyclic) bond motifs is 1. The minimum absolute atomic E-state index is 0.0192. The van der Waals surface area contributed by atoms with Gasteiger partial charge in [-0.05, 0) is 48.7 Å². The molecule has 0 bridgehead atoms. The first-order valence-corrected chi connectivity index (χ1v) is 16.1. The monoisotopic (exact) mass is 606 g/mol. The van der Waals surface area contributed by atoms with Crippen LogP contribution < -0.4 is 4.72 Å². The van der Waals surface area contributed by atoms with Crippen molar-refractivity contribution in [3.05, 3.63) is 60.4 Å². The predicted octanol–water partition coefficient (Wildman–Crippen LogP) is 3.74.